The van der Waals surface area contributed by atoms with Gasteiger partial charge in [-0.2, -0.15) is 0 Å². The fraction of sp³-hybridized carbons (Fsp3) is 0.600. The molecule has 5 heteroatoms. The minimum atomic E-state index is -0.476. The maximum atomic E-state index is 9.75. The molecule has 0 fully saturated rings. The number of hydrogen-bond acceptors (Lipinski definition) is 5. The summed E-state index contributed by atoms with van der Waals surface area (Å²) >= 11 is 1.81. The molecule has 2 unspecified atom stereocenters. The van der Waals surface area contributed by atoms with Crippen molar-refractivity contribution in [2.24, 2.45) is 0 Å². The van der Waals surface area contributed by atoms with Crippen molar-refractivity contribution < 1.29 is 14.6 Å². The van der Waals surface area contributed by atoms with Gasteiger partial charge in [-0.3, -0.25) is 0 Å². The molecule has 0 saturated carbocycles. The highest BCUT2D eigenvalue weighted by Gasteiger charge is 2.07. The van der Waals surface area contributed by atoms with E-state index in [1.165, 1.54) is 4.90 Å². The number of aliphatic hydroxyl groups is 1. The molecule has 1 aromatic carbocycles. The highest BCUT2D eigenvalue weighted by atomic mass is 32.2. The predicted octanol–water partition coefficient (Wildman–Crippen LogP) is 1.78. The quantitative estimate of drug-likeness (QED) is 0.482. The first-order chi connectivity index (χ1) is 9.72. The molecule has 0 bridgehead atoms. The summed E-state index contributed by atoms with van der Waals surface area (Å²) in [7, 11) is 1.64. The van der Waals surface area contributed by atoms with E-state index in [1.807, 2.05) is 25.1 Å². The number of rotatable bonds is 11. The van der Waals surface area contributed by atoms with Crippen LogP contribution in [0, 0.1) is 0 Å². The standard InChI is InChI=1S/C15H25NO3S/c1-13(11-18-2)19-12-14(17)10-16-8-9-20-15-6-4-3-5-7-15/h3-7,13-14,16-17H,8-12H2,1-2H3. The van der Waals surface area contributed by atoms with Gasteiger partial charge in [0.2, 0.25) is 0 Å². The van der Waals surface area contributed by atoms with Crippen LogP contribution >= 0.6 is 11.8 Å². The second kappa shape index (κ2) is 11.1. The average Bonchev–Trinajstić information content (AvgIpc) is 2.46. The van der Waals surface area contributed by atoms with E-state index in [0.29, 0.717) is 19.8 Å². The number of thioether (sulfide) groups is 1. The van der Waals surface area contributed by atoms with Gasteiger partial charge in [0, 0.05) is 30.8 Å². The lowest BCUT2D eigenvalue weighted by molar-refractivity contribution is -0.0309. The van der Waals surface area contributed by atoms with E-state index in [4.69, 9.17) is 9.47 Å². The Bertz CT molecular complexity index is 337. The Hall–Kier alpha value is -0.590. The van der Waals surface area contributed by atoms with Crippen molar-refractivity contribution in [2.75, 3.05) is 39.2 Å². The Morgan fingerprint density at radius 1 is 1.25 bits per heavy atom. The molecule has 20 heavy (non-hydrogen) atoms. The summed E-state index contributed by atoms with van der Waals surface area (Å²) in [5.74, 6) is 0.984. The number of aliphatic hydroxyl groups excluding tert-OH is 1. The first kappa shape index (κ1) is 17.5. The minimum absolute atomic E-state index is 0.0169. The molecule has 0 aliphatic carbocycles. The van der Waals surface area contributed by atoms with E-state index in [9.17, 15) is 5.11 Å². The number of nitrogens with one attached hydrogen (secondary N) is 1. The Morgan fingerprint density at radius 2 is 2.00 bits per heavy atom. The zero-order valence-corrected chi connectivity index (χ0v) is 13.1. The first-order valence-corrected chi connectivity index (χ1v) is 7.88. The Balaban J connectivity index is 1.98. The van der Waals surface area contributed by atoms with E-state index >= 15 is 0 Å². The molecule has 0 radical (unpaired) electrons. The van der Waals surface area contributed by atoms with Gasteiger partial charge in [0.05, 0.1) is 25.4 Å². The van der Waals surface area contributed by atoms with E-state index in [2.05, 4.69) is 17.4 Å². The molecule has 0 aliphatic rings. The van der Waals surface area contributed by atoms with E-state index < -0.39 is 6.10 Å². The van der Waals surface area contributed by atoms with Crippen molar-refractivity contribution in [1.29, 1.82) is 0 Å². The molecule has 1 rings (SSSR count). The molecular formula is C15H25NO3S. The number of ether oxygens (including phenoxy) is 2. The van der Waals surface area contributed by atoms with Crippen LogP contribution in [0.1, 0.15) is 6.92 Å². The topological polar surface area (TPSA) is 50.7 Å². The monoisotopic (exact) mass is 299 g/mol. The van der Waals surface area contributed by atoms with Crippen LogP contribution in [0.2, 0.25) is 0 Å². The second-order valence-corrected chi connectivity index (χ2v) is 5.79. The van der Waals surface area contributed by atoms with Crippen LogP contribution < -0.4 is 5.32 Å². The lowest BCUT2D eigenvalue weighted by Crippen LogP contribution is -2.33. The summed E-state index contributed by atoms with van der Waals surface area (Å²) in [6.07, 6.45) is -0.459. The highest BCUT2D eigenvalue weighted by molar-refractivity contribution is 7.99. The van der Waals surface area contributed by atoms with Crippen molar-refractivity contribution in [3.63, 3.8) is 0 Å². The molecule has 114 valence electrons. The van der Waals surface area contributed by atoms with Gasteiger partial charge in [0.15, 0.2) is 0 Å². The molecule has 2 atom stereocenters. The second-order valence-electron chi connectivity index (χ2n) is 4.62. The number of methoxy groups -OCH3 is 1. The third-order valence-electron chi connectivity index (χ3n) is 2.65. The van der Waals surface area contributed by atoms with Gasteiger partial charge >= 0.3 is 0 Å². The van der Waals surface area contributed by atoms with Crippen molar-refractivity contribution in [2.45, 2.75) is 24.0 Å². The third-order valence-corrected chi connectivity index (χ3v) is 3.66. The molecule has 0 amide bonds. The van der Waals surface area contributed by atoms with Crippen LogP contribution in [0.15, 0.2) is 35.2 Å². The maximum Gasteiger partial charge on any atom is 0.0897 e. The summed E-state index contributed by atoms with van der Waals surface area (Å²) in [5.41, 5.74) is 0. The fourth-order valence-electron chi connectivity index (χ4n) is 1.64. The van der Waals surface area contributed by atoms with Crippen LogP contribution in [0.4, 0.5) is 0 Å². The van der Waals surface area contributed by atoms with Gasteiger partial charge in [-0.15, -0.1) is 11.8 Å². The molecule has 0 heterocycles. The zero-order chi connectivity index (χ0) is 14.6. The molecule has 0 spiro atoms. The Morgan fingerprint density at radius 3 is 2.70 bits per heavy atom. The summed E-state index contributed by atoms with van der Waals surface area (Å²) in [6.45, 7) is 4.23. The average molecular weight is 299 g/mol. The Labute approximate surface area is 125 Å². The van der Waals surface area contributed by atoms with Gasteiger partial charge in [0.25, 0.3) is 0 Å². The van der Waals surface area contributed by atoms with Crippen molar-refractivity contribution in [1.82, 2.24) is 5.32 Å². The zero-order valence-electron chi connectivity index (χ0n) is 12.2. The summed E-state index contributed by atoms with van der Waals surface area (Å²) in [4.78, 5) is 1.27. The van der Waals surface area contributed by atoms with E-state index in [1.54, 1.807) is 18.9 Å². The van der Waals surface area contributed by atoms with Crippen molar-refractivity contribution >= 4 is 11.8 Å². The predicted molar refractivity (Wildman–Crippen MR) is 83.3 cm³/mol. The first-order valence-electron chi connectivity index (χ1n) is 6.89. The number of hydrogen-bond donors (Lipinski definition) is 2. The third kappa shape index (κ3) is 8.55. The SMILES string of the molecule is COCC(C)OCC(O)CNCCSc1ccccc1. The van der Waals surface area contributed by atoms with Crippen LogP contribution in [0.25, 0.3) is 0 Å². The smallest absolute Gasteiger partial charge is 0.0897 e. The largest absolute Gasteiger partial charge is 0.389 e. The van der Waals surface area contributed by atoms with Crippen LogP contribution in [-0.4, -0.2) is 56.5 Å². The molecule has 0 aliphatic heterocycles. The van der Waals surface area contributed by atoms with Gasteiger partial charge in [-0.05, 0) is 19.1 Å². The summed E-state index contributed by atoms with van der Waals surface area (Å²) in [6, 6.07) is 10.3. The van der Waals surface area contributed by atoms with Gasteiger partial charge in [-0.25, -0.2) is 0 Å². The number of benzene rings is 1. The molecule has 2 N–H and O–H groups in total. The van der Waals surface area contributed by atoms with Gasteiger partial charge in [0.1, 0.15) is 0 Å². The molecular weight excluding hydrogens is 274 g/mol. The molecule has 4 nitrogen and oxygen atoms in total. The van der Waals surface area contributed by atoms with E-state index in [-0.39, 0.29) is 6.10 Å². The Kier molecular flexibility index (Phi) is 9.70. The normalized spacial score (nSPS) is 14.2. The summed E-state index contributed by atoms with van der Waals surface area (Å²) in [5, 5.41) is 13.0. The molecule has 0 aromatic heterocycles. The van der Waals surface area contributed by atoms with Gasteiger partial charge < -0.3 is 19.9 Å². The highest BCUT2D eigenvalue weighted by Crippen LogP contribution is 2.15. The van der Waals surface area contributed by atoms with Gasteiger partial charge in [-0.1, -0.05) is 18.2 Å². The van der Waals surface area contributed by atoms with Crippen molar-refractivity contribution in [3.8, 4) is 0 Å². The van der Waals surface area contributed by atoms with E-state index in [0.717, 1.165) is 12.3 Å². The fourth-order valence-corrected chi connectivity index (χ4v) is 2.48. The minimum Gasteiger partial charge on any atom is -0.389 e. The summed E-state index contributed by atoms with van der Waals surface area (Å²) < 4.78 is 10.4. The van der Waals surface area contributed by atoms with Crippen LogP contribution in [0.5, 0.6) is 0 Å². The molecule has 0 saturated heterocycles. The molecule has 1 aromatic rings. The lowest BCUT2D eigenvalue weighted by atomic mass is 10.3. The van der Waals surface area contributed by atoms with Crippen LogP contribution in [-0.2, 0) is 9.47 Å². The van der Waals surface area contributed by atoms with Crippen molar-refractivity contribution in [3.05, 3.63) is 30.3 Å². The van der Waals surface area contributed by atoms with Crippen LogP contribution in [0.3, 0.4) is 0 Å². The maximum absolute atomic E-state index is 9.75. The lowest BCUT2D eigenvalue weighted by Gasteiger charge is -2.16.